The Balaban J connectivity index is 1.72. The number of H-pyrrole nitrogens is 1. The lowest BCUT2D eigenvalue weighted by Gasteiger charge is -2.21. The molecule has 164 valence electrons. The number of hydrogen-bond donors (Lipinski definition) is 2. The predicted molar refractivity (Wildman–Crippen MR) is 124 cm³/mol. The number of aromatic amines is 1. The van der Waals surface area contributed by atoms with Gasteiger partial charge in [-0.1, -0.05) is 24.3 Å². The number of hydrogen-bond acceptors (Lipinski definition) is 4. The molecule has 2 N–H and O–H groups in total. The van der Waals surface area contributed by atoms with Crippen LogP contribution in [-0.4, -0.2) is 35.0 Å². The predicted octanol–water partition coefficient (Wildman–Crippen LogP) is 4.49. The maximum atomic E-state index is 14.1. The molecule has 1 amide bonds. The van der Waals surface area contributed by atoms with Crippen molar-refractivity contribution in [1.29, 1.82) is 0 Å². The zero-order chi connectivity index (χ0) is 22.8. The number of rotatable bonds is 6. The van der Waals surface area contributed by atoms with Crippen LogP contribution in [0.4, 0.5) is 10.2 Å². The average molecular weight is 432 g/mol. The van der Waals surface area contributed by atoms with Gasteiger partial charge in [-0.15, -0.1) is 0 Å². The molecule has 0 aliphatic rings. The van der Waals surface area contributed by atoms with Crippen molar-refractivity contribution in [3.8, 4) is 0 Å². The number of para-hydroxylation sites is 1. The smallest absolute Gasteiger partial charge is 0.251 e. The van der Waals surface area contributed by atoms with Gasteiger partial charge in [-0.2, -0.15) is 0 Å². The zero-order valence-corrected chi connectivity index (χ0v) is 18.6. The molecule has 0 radical (unpaired) electrons. The van der Waals surface area contributed by atoms with E-state index in [4.69, 9.17) is 0 Å². The molecule has 0 fully saturated rings. The second-order valence-corrected chi connectivity index (χ2v) is 8.15. The van der Waals surface area contributed by atoms with Crippen LogP contribution < -0.4 is 10.2 Å². The van der Waals surface area contributed by atoms with Crippen molar-refractivity contribution in [2.24, 2.45) is 0 Å². The van der Waals surface area contributed by atoms with E-state index in [2.05, 4.69) is 20.3 Å². The van der Waals surface area contributed by atoms with Crippen LogP contribution in [0.15, 0.2) is 54.7 Å². The summed E-state index contributed by atoms with van der Waals surface area (Å²) in [5.74, 6) is 0.618. The van der Waals surface area contributed by atoms with Crippen molar-refractivity contribution < 1.29 is 9.18 Å². The molecular weight excluding hydrogens is 405 g/mol. The van der Waals surface area contributed by atoms with Gasteiger partial charge in [0.25, 0.3) is 5.91 Å². The summed E-state index contributed by atoms with van der Waals surface area (Å²) in [4.78, 5) is 27.3. The fourth-order valence-electron chi connectivity index (χ4n) is 3.71. The quantitative estimate of drug-likeness (QED) is 0.472. The minimum atomic E-state index is -0.425. The highest BCUT2D eigenvalue weighted by atomic mass is 19.1. The third kappa shape index (κ3) is 4.46. The van der Waals surface area contributed by atoms with Crippen molar-refractivity contribution in [1.82, 2.24) is 20.3 Å². The lowest BCUT2D eigenvalue weighted by atomic mass is 10.0. The Kier molecular flexibility index (Phi) is 5.90. The van der Waals surface area contributed by atoms with Crippen LogP contribution in [0.3, 0.4) is 0 Å². The van der Waals surface area contributed by atoms with E-state index in [1.807, 2.05) is 62.4 Å². The van der Waals surface area contributed by atoms with E-state index in [1.165, 1.54) is 6.07 Å². The second kappa shape index (κ2) is 8.78. The van der Waals surface area contributed by atoms with Crippen molar-refractivity contribution in [2.75, 3.05) is 19.0 Å². The highest BCUT2D eigenvalue weighted by Gasteiger charge is 2.21. The third-order valence-electron chi connectivity index (χ3n) is 5.50. The van der Waals surface area contributed by atoms with Crippen LogP contribution in [0.25, 0.3) is 10.9 Å². The molecule has 7 heteroatoms. The first-order valence-corrected chi connectivity index (χ1v) is 10.5. The van der Waals surface area contributed by atoms with Crippen LogP contribution in [-0.2, 0) is 6.42 Å². The van der Waals surface area contributed by atoms with Gasteiger partial charge in [-0.25, -0.2) is 14.4 Å². The largest absolute Gasteiger partial charge is 0.363 e. The van der Waals surface area contributed by atoms with Crippen molar-refractivity contribution >= 4 is 22.6 Å². The molecule has 1 unspecified atom stereocenters. The molecule has 0 saturated heterocycles. The number of benzene rings is 2. The van der Waals surface area contributed by atoms with Crippen molar-refractivity contribution in [2.45, 2.75) is 26.3 Å². The zero-order valence-electron chi connectivity index (χ0n) is 18.6. The molecule has 0 bridgehead atoms. The maximum absolute atomic E-state index is 14.1. The summed E-state index contributed by atoms with van der Waals surface area (Å²) in [6, 6.07) is 14.0. The van der Waals surface area contributed by atoms with Crippen LogP contribution in [0.1, 0.15) is 39.0 Å². The van der Waals surface area contributed by atoms with Crippen LogP contribution >= 0.6 is 0 Å². The molecular formula is C25H26FN5O. The Bertz CT molecular complexity index is 1280. The maximum Gasteiger partial charge on any atom is 0.251 e. The van der Waals surface area contributed by atoms with Gasteiger partial charge in [-0.3, -0.25) is 4.79 Å². The van der Waals surface area contributed by atoms with Crippen molar-refractivity contribution in [3.05, 3.63) is 88.8 Å². The van der Waals surface area contributed by atoms with E-state index in [9.17, 15) is 9.18 Å². The standard InChI is InChI=1S/C25H26FN5O/c1-15-9-10-17(11-20(15)26)25(32)30-22(23-13-24(31(3)4)29-16(2)28-23)12-18-14-27-21-8-6-5-7-19(18)21/h5-11,13-14,22,27H,12H2,1-4H3,(H,30,32). The summed E-state index contributed by atoms with van der Waals surface area (Å²) < 4.78 is 14.1. The number of fused-ring (bicyclic) bond motifs is 1. The van der Waals surface area contributed by atoms with E-state index in [-0.39, 0.29) is 11.5 Å². The van der Waals surface area contributed by atoms with E-state index in [0.29, 0.717) is 23.5 Å². The highest BCUT2D eigenvalue weighted by molar-refractivity contribution is 5.94. The van der Waals surface area contributed by atoms with E-state index in [1.54, 1.807) is 19.1 Å². The molecule has 2 aromatic heterocycles. The lowest BCUT2D eigenvalue weighted by Crippen LogP contribution is -2.31. The first-order valence-electron chi connectivity index (χ1n) is 10.5. The molecule has 6 nitrogen and oxygen atoms in total. The lowest BCUT2D eigenvalue weighted by molar-refractivity contribution is 0.0935. The molecule has 0 spiro atoms. The molecule has 0 aliphatic carbocycles. The summed E-state index contributed by atoms with van der Waals surface area (Å²) in [5, 5.41) is 4.15. The molecule has 2 heterocycles. The Morgan fingerprint density at radius 2 is 1.91 bits per heavy atom. The topological polar surface area (TPSA) is 73.9 Å². The normalized spacial score (nSPS) is 12.0. The van der Waals surface area contributed by atoms with E-state index in [0.717, 1.165) is 22.3 Å². The summed E-state index contributed by atoms with van der Waals surface area (Å²) >= 11 is 0. The SMILES string of the molecule is Cc1nc(C(Cc2c[nH]c3ccccc23)NC(=O)c2ccc(C)c(F)c2)cc(N(C)C)n1. The molecule has 4 aromatic rings. The molecule has 32 heavy (non-hydrogen) atoms. The van der Waals surface area contributed by atoms with Gasteiger partial charge in [0.1, 0.15) is 17.5 Å². The van der Waals surface area contributed by atoms with Gasteiger partial charge in [-0.05, 0) is 43.2 Å². The number of carbonyl (C=O) groups excluding carboxylic acids is 1. The number of carbonyl (C=O) groups is 1. The molecule has 4 rings (SSSR count). The number of aromatic nitrogens is 3. The number of amides is 1. The summed E-state index contributed by atoms with van der Waals surface area (Å²) in [6.07, 6.45) is 2.48. The number of halogens is 1. The molecule has 1 atom stereocenters. The van der Waals surface area contributed by atoms with Gasteiger partial charge < -0.3 is 15.2 Å². The Hall–Kier alpha value is -3.74. The van der Waals surface area contributed by atoms with Crippen LogP contribution in [0.5, 0.6) is 0 Å². The first-order chi connectivity index (χ1) is 15.3. The second-order valence-electron chi connectivity index (χ2n) is 8.15. The fraction of sp³-hybridized carbons (Fsp3) is 0.240. The number of nitrogens with zero attached hydrogens (tertiary/aromatic N) is 3. The van der Waals surface area contributed by atoms with Gasteiger partial charge in [0.05, 0.1) is 11.7 Å². The third-order valence-corrected chi connectivity index (χ3v) is 5.50. The number of aryl methyl sites for hydroxylation is 2. The average Bonchev–Trinajstić information content (AvgIpc) is 3.17. The summed E-state index contributed by atoms with van der Waals surface area (Å²) in [7, 11) is 3.82. The van der Waals surface area contributed by atoms with Gasteiger partial charge in [0.2, 0.25) is 0 Å². The monoisotopic (exact) mass is 431 g/mol. The van der Waals surface area contributed by atoms with Gasteiger partial charge in [0.15, 0.2) is 0 Å². The number of anilines is 1. The Morgan fingerprint density at radius 1 is 1.12 bits per heavy atom. The minimum absolute atomic E-state index is 0.274. The first kappa shape index (κ1) is 21.5. The Morgan fingerprint density at radius 3 is 2.66 bits per heavy atom. The van der Waals surface area contributed by atoms with Crippen LogP contribution in [0, 0.1) is 19.7 Å². The fourth-order valence-corrected chi connectivity index (χ4v) is 3.71. The minimum Gasteiger partial charge on any atom is -0.363 e. The van der Waals surface area contributed by atoms with Crippen molar-refractivity contribution in [3.63, 3.8) is 0 Å². The highest BCUT2D eigenvalue weighted by Crippen LogP contribution is 2.26. The Labute approximate surface area is 186 Å². The van der Waals surface area contributed by atoms with E-state index >= 15 is 0 Å². The summed E-state index contributed by atoms with van der Waals surface area (Å²) in [6.45, 7) is 3.50. The summed E-state index contributed by atoms with van der Waals surface area (Å²) in [5.41, 5.74) is 3.56. The van der Waals surface area contributed by atoms with Gasteiger partial charge >= 0.3 is 0 Å². The molecule has 2 aromatic carbocycles. The van der Waals surface area contributed by atoms with Gasteiger partial charge in [0, 0.05) is 49.2 Å². The number of nitrogens with one attached hydrogen (secondary N) is 2. The molecule has 0 saturated carbocycles. The van der Waals surface area contributed by atoms with Crippen LogP contribution in [0.2, 0.25) is 0 Å². The van der Waals surface area contributed by atoms with E-state index < -0.39 is 11.9 Å². The molecule has 0 aliphatic heterocycles.